The Morgan fingerprint density at radius 3 is 0.400 bits per heavy atom. The molecule has 0 aromatic heterocycles. The van der Waals surface area contributed by atoms with E-state index in [0.717, 1.165) is 0 Å². The summed E-state index contributed by atoms with van der Waals surface area (Å²) in [5.41, 5.74) is 0. The maximum absolute atomic E-state index is 0. The Hall–Kier alpha value is 2.56. The summed E-state index contributed by atoms with van der Waals surface area (Å²) in [4.78, 5) is 0. The third-order valence-electron chi connectivity index (χ3n) is 0. The maximum atomic E-state index is 0. The summed E-state index contributed by atoms with van der Waals surface area (Å²) in [6.07, 6.45) is 0. The van der Waals surface area contributed by atoms with E-state index in [2.05, 4.69) is 0 Å². The first kappa shape index (κ1) is 256. The first-order chi connectivity index (χ1) is 0. The van der Waals surface area contributed by atoms with Crippen molar-refractivity contribution in [3.63, 3.8) is 0 Å². The standard InChI is InChI=1S/7FH.Li.Nd.Y/h7*1H;;;/q;;;;;;;+1;2*+3/p-7. The molecule has 0 aromatic carbocycles. The van der Waals surface area contributed by atoms with Gasteiger partial charge in [0.05, 0.1) is 0 Å². The molecular weight excluding hydrogens is 373 g/mol. The Balaban J connectivity index is 0. The Labute approximate surface area is 123 Å². The molecule has 0 aliphatic rings. The molecule has 0 aromatic rings. The van der Waals surface area contributed by atoms with Crippen LogP contribution in [0.5, 0.6) is 0 Å². The van der Waals surface area contributed by atoms with Gasteiger partial charge < -0.3 is 32.9 Å². The molecule has 0 amide bonds. The monoisotopic (exact) mass is 371 g/mol. The van der Waals surface area contributed by atoms with Crippen LogP contribution in [0, 0.1) is 40.8 Å². The van der Waals surface area contributed by atoms with E-state index in [1.807, 2.05) is 0 Å². The van der Waals surface area contributed by atoms with Crippen molar-refractivity contribution < 1.29 is 125 Å². The molecule has 0 aliphatic carbocycles. The second kappa shape index (κ2) is 197. The van der Waals surface area contributed by atoms with Gasteiger partial charge in [-0.05, 0) is 0 Å². The fraction of sp³-hybridized carbons (Fsp3) is 0. The smallest absolute Gasteiger partial charge is 1.00 e. The van der Waals surface area contributed by atoms with E-state index < -0.39 is 0 Å². The summed E-state index contributed by atoms with van der Waals surface area (Å²) < 4.78 is 0. The topological polar surface area (TPSA) is 0 Å². The van der Waals surface area contributed by atoms with Gasteiger partial charge in [0, 0.05) is 0 Å². The predicted molar refractivity (Wildman–Crippen MR) is 0 cm³/mol. The molecule has 0 unspecified atom stereocenters. The molecule has 0 saturated carbocycles. The third-order valence-corrected chi connectivity index (χ3v) is 0. The van der Waals surface area contributed by atoms with Crippen LogP contribution in [0.25, 0.3) is 0 Å². The molecule has 57 valence electrons. The van der Waals surface area contributed by atoms with E-state index >= 15 is 0 Å². The molecule has 1 radical (unpaired) electrons. The van der Waals surface area contributed by atoms with E-state index in [4.69, 9.17) is 0 Å². The Bertz CT molecular complexity index is 13.6. The van der Waals surface area contributed by atoms with E-state index in [1.165, 1.54) is 0 Å². The molecule has 0 fully saturated rings. The van der Waals surface area contributed by atoms with Gasteiger partial charge >= 0.3 is 92.4 Å². The number of hydrogen-bond acceptors (Lipinski definition) is 0. The predicted octanol–water partition coefficient (Wildman–Crippen LogP) is -24.0. The molecule has 0 N–H and O–H groups in total. The molecule has 0 saturated heterocycles. The van der Waals surface area contributed by atoms with Gasteiger partial charge in [-0.1, -0.05) is 0 Å². The molecule has 10 heteroatoms. The molecule has 0 heterocycles. The van der Waals surface area contributed by atoms with Gasteiger partial charge in [0.15, 0.2) is 0 Å². The van der Waals surface area contributed by atoms with Crippen molar-refractivity contribution in [2.75, 3.05) is 0 Å². The first-order valence-corrected chi connectivity index (χ1v) is 0. The average molecular weight is 373 g/mol. The molecule has 0 bridgehead atoms. The van der Waals surface area contributed by atoms with Crippen LogP contribution in [-0.2, 0) is 32.7 Å². The largest absolute Gasteiger partial charge is 3.00 e. The van der Waals surface area contributed by atoms with E-state index in [1.54, 1.807) is 0 Å². The van der Waals surface area contributed by atoms with Crippen LogP contribution in [0.15, 0.2) is 0 Å². The van der Waals surface area contributed by atoms with Crippen molar-refractivity contribution in [3.05, 3.63) is 0 Å². The summed E-state index contributed by atoms with van der Waals surface area (Å²) in [6.45, 7) is 0. The third kappa shape index (κ3) is 147. The minimum atomic E-state index is 0. The molecule has 0 rings (SSSR count). The van der Waals surface area contributed by atoms with Crippen LogP contribution in [0.4, 0.5) is 0 Å². The zero-order chi connectivity index (χ0) is 0. The van der Waals surface area contributed by atoms with Gasteiger partial charge in [0.2, 0.25) is 0 Å². The normalized spacial score (nSPS) is 0. The van der Waals surface area contributed by atoms with E-state index in [-0.39, 0.29) is 125 Å². The fourth-order valence-electron chi connectivity index (χ4n) is 0. The SMILES string of the molecule is [F-].[F-].[F-].[F-].[F-].[F-].[F-].[Li+].[Nd+3].[Y+3]. The van der Waals surface area contributed by atoms with Gasteiger partial charge in [0.1, 0.15) is 0 Å². The van der Waals surface area contributed by atoms with Crippen molar-refractivity contribution in [1.29, 1.82) is 0 Å². The molecular formula is F7LiNdY. The zero-order valence-electron chi connectivity index (χ0n) is 4.72. The zero-order valence-corrected chi connectivity index (χ0v) is 10.8. The minimum absolute atomic E-state index is 0. The van der Waals surface area contributed by atoms with Crippen molar-refractivity contribution in [3.8, 4) is 0 Å². The number of halogens is 7. The van der Waals surface area contributed by atoms with Gasteiger partial charge in [0.25, 0.3) is 0 Å². The minimum Gasteiger partial charge on any atom is -1.00 e. The second-order valence-corrected chi connectivity index (χ2v) is 0. The Morgan fingerprint density at radius 1 is 0.400 bits per heavy atom. The van der Waals surface area contributed by atoms with Crippen LogP contribution in [0.2, 0.25) is 0 Å². The quantitative estimate of drug-likeness (QED) is 0.293. The second-order valence-electron chi connectivity index (χ2n) is 0. The maximum Gasteiger partial charge on any atom is 3.00 e. The van der Waals surface area contributed by atoms with Crippen molar-refractivity contribution in [2.45, 2.75) is 0 Å². The van der Waals surface area contributed by atoms with Crippen LogP contribution in [0.1, 0.15) is 0 Å². The van der Waals surface area contributed by atoms with Crippen LogP contribution < -0.4 is 51.8 Å². The summed E-state index contributed by atoms with van der Waals surface area (Å²) >= 11 is 0. The summed E-state index contributed by atoms with van der Waals surface area (Å²) in [7, 11) is 0. The Morgan fingerprint density at radius 2 is 0.400 bits per heavy atom. The van der Waals surface area contributed by atoms with E-state index in [9.17, 15) is 0 Å². The summed E-state index contributed by atoms with van der Waals surface area (Å²) in [5.74, 6) is 0. The molecule has 0 nitrogen and oxygen atoms in total. The summed E-state index contributed by atoms with van der Waals surface area (Å²) in [6, 6.07) is 0. The molecule has 0 atom stereocenters. The van der Waals surface area contributed by atoms with E-state index in [0.29, 0.717) is 0 Å². The fourth-order valence-corrected chi connectivity index (χ4v) is 0. The molecule has 10 heavy (non-hydrogen) atoms. The number of hydrogen-bond donors (Lipinski definition) is 0. The van der Waals surface area contributed by atoms with Gasteiger partial charge in [-0.15, -0.1) is 0 Å². The molecule has 0 aliphatic heterocycles. The summed E-state index contributed by atoms with van der Waals surface area (Å²) in [5, 5.41) is 0. The van der Waals surface area contributed by atoms with Crippen LogP contribution in [-0.4, -0.2) is 0 Å². The molecule has 0 spiro atoms. The average Bonchev–Trinajstić information content (AvgIpc) is 0. The van der Waals surface area contributed by atoms with Crippen LogP contribution >= 0.6 is 0 Å². The van der Waals surface area contributed by atoms with Crippen molar-refractivity contribution in [2.24, 2.45) is 0 Å². The van der Waals surface area contributed by atoms with Crippen molar-refractivity contribution in [1.82, 2.24) is 0 Å². The Kier molecular flexibility index (Phi) is 5030. The van der Waals surface area contributed by atoms with Crippen LogP contribution in [0.3, 0.4) is 0 Å². The van der Waals surface area contributed by atoms with Gasteiger partial charge in [-0.25, -0.2) is 0 Å². The van der Waals surface area contributed by atoms with Gasteiger partial charge in [-0.3, -0.25) is 0 Å². The van der Waals surface area contributed by atoms with Crippen molar-refractivity contribution >= 4 is 0 Å². The van der Waals surface area contributed by atoms with Gasteiger partial charge in [-0.2, -0.15) is 0 Å². The first-order valence-electron chi connectivity index (χ1n) is 0. The number of rotatable bonds is 0.